The number of hydrogen-bond donors (Lipinski definition) is 1. The first-order chi connectivity index (χ1) is 8.80. The van der Waals surface area contributed by atoms with E-state index in [9.17, 15) is 9.18 Å². The van der Waals surface area contributed by atoms with Gasteiger partial charge < -0.3 is 9.63 Å². The van der Waals surface area contributed by atoms with Gasteiger partial charge in [-0.3, -0.25) is 0 Å². The molecule has 0 aliphatic carbocycles. The van der Waals surface area contributed by atoms with Gasteiger partial charge in [-0.15, -0.1) is 0 Å². The number of hydrogen-bond acceptors (Lipinski definition) is 3. The molecule has 2 rings (SSSR count). The molecule has 1 aromatic carbocycles. The first kappa shape index (κ1) is 13.5. The Bertz CT molecular complexity index is 631. The molecular weight excluding hydrogens is 273 g/mol. The number of nitrogens with zero attached hydrogens (tertiary/aromatic N) is 1. The first-order valence-corrected chi connectivity index (χ1v) is 5.87. The third kappa shape index (κ3) is 2.61. The number of rotatable bonds is 3. The monoisotopic (exact) mass is 283 g/mol. The lowest BCUT2D eigenvalue weighted by atomic mass is 9.93. The molecule has 1 aromatic heterocycles. The molecule has 4 nitrogen and oxygen atoms in total. The summed E-state index contributed by atoms with van der Waals surface area (Å²) in [6.45, 7) is 2.73. The number of carboxylic acid groups (broad SMARTS) is 1. The van der Waals surface area contributed by atoms with Gasteiger partial charge >= 0.3 is 5.97 Å². The molecule has 0 aliphatic rings. The molecule has 1 heterocycles. The van der Waals surface area contributed by atoms with E-state index in [0.29, 0.717) is 5.56 Å². The van der Waals surface area contributed by atoms with Gasteiger partial charge in [-0.05, 0) is 19.9 Å². The van der Waals surface area contributed by atoms with Crippen molar-refractivity contribution in [2.45, 2.75) is 19.5 Å². The zero-order chi connectivity index (χ0) is 14.2. The second kappa shape index (κ2) is 4.66. The predicted octanol–water partition coefficient (Wildman–Crippen LogP) is 3.90. The van der Waals surface area contributed by atoms with E-state index in [1.807, 2.05) is 0 Å². The van der Waals surface area contributed by atoms with Gasteiger partial charge in [-0.2, -0.15) is 0 Å². The van der Waals surface area contributed by atoms with Crippen LogP contribution in [0.25, 0.3) is 11.3 Å². The third-order valence-corrected chi connectivity index (χ3v) is 2.92. The predicted molar refractivity (Wildman–Crippen MR) is 68.0 cm³/mol. The molecule has 0 bridgehead atoms. The van der Waals surface area contributed by atoms with E-state index in [-0.39, 0.29) is 22.0 Å². The minimum Gasteiger partial charge on any atom is -0.476 e. The summed E-state index contributed by atoms with van der Waals surface area (Å²) in [5.41, 5.74) is -1.30. The Kier molecular flexibility index (Phi) is 3.32. The van der Waals surface area contributed by atoms with E-state index in [0.717, 1.165) is 0 Å². The molecule has 0 saturated carbocycles. The summed E-state index contributed by atoms with van der Waals surface area (Å²) >= 11 is 6.01. The second-order valence-electron chi connectivity index (χ2n) is 4.52. The normalized spacial score (nSPS) is 11.6. The number of carboxylic acids is 1. The largest absolute Gasteiger partial charge is 0.476 e. The molecule has 2 aromatic rings. The summed E-state index contributed by atoms with van der Waals surface area (Å²) in [6.07, 6.45) is 0. The molecule has 19 heavy (non-hydrogen) atoms. The van der Waals surface area contributed by atoms with Crippen LogP contribution in [-0.4, -0.2) is 16.2 Å². The van der Waals surface area contributed by atoms with E-state index < -0.39 is 11.6 Å². The van der Waals surface area contributed by atoms with Crippen molar-refractivity contribution >= 4 is 17.6 Å². The number of halogens is 2. The van der Waals surface area contributed by atoms with Crippen LogP contribution >= 0.6 is 11.6 Å². The number of carbonyl (C=O) groups is 1. The van der Waals surface area contributed by atoms with E-state index >= 15 is 0 Å². The molecule has 6 heteroatoms. The van der Waals surface area contributed by atoms with Crippen LogP contribution in [0, 0.1) is 0 Å². The Hall–Kier alpha value is -1.88. The lowest BCUT2D eigenvalue weighted by molar-refractivity contribution is 0.0686. The standard InChI is InChI=1S/C13H11ClFNO3/c1-13(2,15)11-7(4-3-5-8(11)14)10-6-9(12(17)18)16-19-10/h3-6H,1-2H3,(H,17,18). The molecule has 1 N–H and O–H groups in total. The average molecular weight is 284 g/mol. The lowest BCUT2D eigenvalue weighted by Crippen LogP contribution is -2.11. The van der Waals surface area contributed by atoms with Crippen LogP contribution in [0.2, 0.25) is 5.02 Å². The third-order valence-electron chi connectivity index (χ3n) is 2.60. The fraction of sp³-hybridized carbons (Fsp3) is 0.231. The van der Waals surface area contributed by atoms with E-state index in [2.05, 4.69) is 5.16 Å². The summed E-state index contributed by atoms with van der Waals surface area (Å²) in [4.78, 5) is 10.8. The molecule has 0 unspecified atom stereocenters. The number of alkyl halides is 1. The second-order valence-corrected chi connectivity index (χ2v) is 4.92. The average Bonchev–Trinajstić information content (AvgIpc) is 2.75. The Balaban J connectivity index is 2.62. The van der Waals surface area contributed by atoms with E-state index in [4.69, 9.17) is 21.2 Å². The Morgan fingerprint density at radius 1 is 1.47 bits per heavy atom. The highest BCUT2D eigenvalue weighted by atomic mass is 35.5. The highest BCUT2D eigenvalue weighted by Gasteiger charge is 2.28. The molecule has 0 saturated heterocycles. The number of benzene rings is 1. The molecule has 0 atom stereocenters. The van der Waals surface area contributed by atoms with Crippen molar-refractivity contribution < 1.29 is 18.8 Å². The van der Waals surface area contributed by atoms with Crippen LogP contribution in [0.3, 0.4) is 0 Å². The molecule has 0 aliphatic heterocycles. The molecular formula is C13H11ClFNO3. The molecule has 0 spiro atoms. The van der Waals surface area contributed by atoms with Crippen LogP contribution in [-0.2, 0) is 5.67 Å². The van der Waals surface area contributed by atoms with E-state index in [1.165, 1.54) is 19.9 Å². The van der Waals surface area contributed by atoms with Crippen molar-refractivity contribution in [3.05, 3.63) is 40.5 Å². The number of aromatic nitrogens is 1. The smallest absolute Gasteiger partial charge is 0.358 e. The zero-order valence-electron chi connectivity index (χ0n) is 10.3. The maximum Gasteiger partial charge on any atom is 0.358 e. The lowest BCUT2D eigenvalue weighted by Gasteiger charge is -2.19. The topological polar surface area (TPSA) is 63.3 Å². The fourth-order valence-electron chi connectivity index (χ4n) is 1.84. The maximum atomic E-state index is 14.2. The van der Waals surface area contributed by atoms with Crippen molar-refractivity contribution in [1.82, 2.24) is 5.16 Å². The minimum atomic E-state index is -1.69. The van der Waals surface area contributed by atoms with Gasteiger partial charge in [-0.1, -0.05) is 28.9 Å². The van der Waals surface area contributed by atoms with Crippen LogP contribution < -0.4 is 0 Å². The Labute approximate surface area is 113 Å². The van der Waals surface area contributed by atoms with Crippen molar-refractivity contribution in [1.29, 1.82) is 0 Å². The summed E-state index contributed by atoms with van der Waals surface area (Å²) in [7, 11) is 0. The molecule has 0 radical (unpaired) electrons. The quantitative estimate of drug-likeness (QED) is 0.928. The van der Waals surface area contributed by atoms with Crippen LogP contribution in [0.15, 0.2) is 28.8 Å². The van der Waals surface area contributed by atoms with Crippen LogP contribution in [0.5, 0.6) is 0 Å². The van der Waals surface area contributed by atoms with Gasteiger partial charge in [0.15, 0.2) is 11.5 Å². The minimum absolute atomic E-state index is 0.167. The fourth-order valence-corrected chi connectivity index (χ4v) is 2.24. The maximum absolute atomic E-state index is 14.2. The number of aromatic carboxylic acids is 1. The van der Waals surface area contributed by atoms with Gasteiger partial charge in [0.05, 0.1) is 0 Å². The van der Waals surface area contributed by atoms with Crippen LogP contribution in [0.1, 0.15) is 29.9 Å². The van der Waals surface area contributed by atoms with Crippen LogP contribution in [0.4, 0.5) is 4.39 Å². The Morgan fingerprint density at radius 2 is 2.16 bits per heavy atom. The molecule has 0 fully saturated rings. The zero-order valence-corrected chi connectivity index (χ0v) is 11.0. The van der Waals surface area contributed by atoms with Crippen molar-refractivity contribution in [3.63, 3.8) is 0 Å². The summed E-state index contributed by atoms with van der Waals surface area (Å²) in [5.74, 6) is -1.04. The van der Waals surface area contributed by atoms with E-state index in [1.54, 1.807) is 18.2 Å². The van der Waals surface area contributed by atoms with Gasteiger partial charge in [0.25, 0.3) is 0 Å². The van der Waals surface area contributed by atoms with Gasteiger partial charge in [0.1, 0.15) is 5.67 Å². The SMILES string of the molecule is CC(C)(F)c1c(Cl)cccc1-c1cc(C(=O)O)no1. The van der Waals surface area contributed by atoms with Crippen molar-refractivity contribution in [2.24, 2.45) is 0 Å². The molecule has 100 valence electrons. The highest BCUT2D eigenvalue weighted by Crippen LogP contribution is 2.39. The molecule has 0 amide bonds. The Morgan fingerprint density at radius 3 is 2.68 bits per heavy atom. The summed E-state index contributed by atoms with van der Waals surface area (Å²) in [5, 5.41) is 12.5. The first-order valence-electron chi connectivity index (χ1n) is 5.49. The highest BCUT2D eigenvalue weighted by molar-refractivity contribution is 6.31. The summed E-state index contributed by atoms with van der Waals surface area (Å²) in [6, 6.07) is 6.05. The van der Waals surface area contributed by atoms with Gasteiger partial charge in [0.2, 0.25) is 0 Å². The summed E-state index contributed by atoms with van der Waals surface area (Å²) < 4.78 is 19.2. The van der Waals surface area contributed by atoms with Gasteiger partial charge in [0, 0.05) is 22.2 Å². The van der Waals surface area contributed by atoms with Gasteiger partial charge in [-0.25, -0.2) is 9.18 Å². The van der Waals surface area contributed by atoms with Crippen molar-refractivity contribution in [3.8, 4) is 11.3 Å². The van der Waals surface area contributed by atoms with Crippen molar-refractivity contribution in [2.75, 3.05) is 0 Å².